The van der Waals surface area contributed by atoms with Crippen LogP contribution >= 0.6 is 0 Å². The van der Waals surface area contributed by atoms with E-state index in [-0.39, 0.29) is 34.7 Å². The summed E-state index contributed by atoms with van der Waals surface area (Å²) in [6, 6.07) is 0. The Hall–Kier alpha value is -1.07. The molecule has 0 aromatic carbocycles. The van der Waals surface area contributed by atoms with Crippen molar-refractivity contribution in [3.8, 4) is 0 Å². The molecule has 38 heavy (non-hydrogen) atoms. The number of aliphatic hydroxyl groups excluding tert-OH is 4. The van der Waals surface area contributed by atoms with Crippen LogP contribution in [0.4, 0.5) is 0 Å². The molecule has 9 nitrogen and oxygen atoms in total. The van der Waals surface area contributed by atoms with Gasteiger partial charge in [0, 0.05) is 11.5 Å². The molecular formula is C29H44O9. The molecule has 0 spiro atoms. The van der Waals surface area contributed by atoms with Crippen LogP contribution in [0.3, 0.4) is 0 Å². The third-order valence-electron chi connectivity index (χ3n) is 12.1. The van der Waals surface area contributed by atoms with E-state index >= 15 is 0 Å². The third kappa shape index (κ3) is 3.87. The van der Waals surface area contributed by atoms with Crippen molar-refractivity contribution in [3.05, 3.63) is 11.6 Å². The van der Waals surface area contributed by atoms with Crippen molar-refractivity contribution in [1.82, 2.24) is 0 Å². The van der Waals surface area contributed by atoms with E-state index in [0.717, 1.165) is 63.4 Å². The summed E-state index contributed by atoms with van der Waals surface area (Å²) >= 11 is 0. The lowest BCUT2D eigenvalue weighted by Crippen LogP contribution is -2.63. The van der Waals surface area contributed by atoms with Crippen molar-refractivity contribution in [1.29, 1.82) is 0 Å². The summed E-state index contributed by atoms with van der Waals surface area (Å²) in [5.41, 5.74) is 0.141. The average Bonchev–Trinajstić information content (AvgIpc) is 3.44. The second-order valence-electron chi connectivity index (χ2n) is 13.5. The largest absolute Gasteiger partial charge is 0.458 e. The van der Waals surface area contributed by atoms with Crippen molar-refractivity contribution in [3.63, 3.8) is 0 Å². The first kappa shape index (κ1) is 27.1. The fourth-order valence-corrected chi connectivity index (χ4v) is 9.86. The predicted molar refractivity (Wildman–Crippen MR) is 134 cm³/mol. The van der Waals surface area contributed by atoms with Gasteiger partial charge in [0.25, 0.3) is 0 Å². The van der Waals surface area contributed by atoms with Gasteiger partial charge in [-0.1, -0.05) is 13.8 Å². The lowest BCUT2D eigenvalue weighted by Gasteiger charge is -2.64. The van der Waals surface area contributed by atoms with Gasteiger partial charge in [0.2, 0.25) is 0 Å². The van der Waals surface area contributed by atoms with Gasteiger partial charge >= 0.3 is 5.97 Å². The van der Waals surface area contributed by atoms with E-state index in [1.54, 1.807) is 6.08 Å². The summed E-state index contributed by atoms with van der Waals surface area (Å²) < 4.78 is 17.0. The first-order chi connectivity index (χ1) is 18.0. The Balaban J connectivity index is 1.15. The molecule has 0 aromatic heterocycles. The Morgan fingerprint density at radius 1 is 0.974 bits per heavy atom. The predicted octanol–water partition coefficient (Wildman–Crippen LogP) is 1.43. The summed E-state index contributed by atoms with van der Waals surface area (Å²) in [6.07, 6.45) is 3.41. The highest BCUT2D eigenvalue weighted by atomic mass is 16.7. The van der Waals surface area contributed by atoms with Crippen molar-refractivity contribution in [2.75, 3.05) is 13.2 Å². The second-order valence-corrected chi connectivity index (χ2v) is 13.5. The van der Waals surface area contributed by atoms with Gasteiger partial charge in [0.15, 0.2) is 6.29 Å². The van der Waals surface area contributed by atoms with Crippen LogP contribution in [0.2, 0.25) is 0 Å². The number of aliphatic hydroxyl groups is 5. The second kappa shape index (κ2) is 9.50. The van der Waals surface area contributed by atoms with Crippen molar-refractivity contribution < 1.29 is 44.5 Å². The quantitative estimate of drug-likeness (QED) is 0.266. The van der Waals surface area contributed by atoms with Crippen LogP contribution in [0.25, 0.3) is 0 Å². The van der Waals surface area contributed by atoms with Crippen molar-refractivity contribution >= 4 is 5.97 Å². The Kier molecular flexibility index (Phi) is 6.78. The molecule has 2 heterocycles. The van der Waals surface area contributed by atoms with Crippen LogP contribution < -0.4 is 0 Å². The number of hydrogen-bond donors (Lipinski definition) is 5. The maximum Gasteiger partial charge on any atom is 0.331 e. The van der Waals surface area contributed by atoms with Crippen LogP contribution in [0, 0.1) is 34.5 Å². The third-order valence-corrected chi connectivity index (χ3v) is 12.1. The summed E-state index contributed by atoms with van der Waals surface area (Å²) in [6.45, 7) is 4.52. The zero-order valence-corrected chi connectivity index (χ0v) is 22.5. The van der Waals surface area contributed by atoms with E-state index < -0.39 is 42.9 Å². The summed E-state index contributed by atoms with van der Waals surface area (Å²) in [5, 5.41) is 52.6. The van der Waals surface area contributed by atoms with Gasteiger partial charge in [-0.15, -0.1) is 0 Å². The first-order valence-electron chi connectivity index (χ1n) is 14.6. The Morgan fingerprint density at radius 3 is 2.47 bits per heavy atom. The fourth-order valence-electron chi connectivity index (χ4n) is 9.86. The minimum atomic E-state index is -1.44. The summed E-state index contributed by atoms with van der Waals surface area (Å²) in [4.78, 5) is 11.8. The van der Waals surface area contributed by atoms with E-state index in [2.05, 4.69) is 13.8 Å². The van der Waals surface area contributed by atoms with Crippen LogP contribution in [-0.4, -0.2) is 87.1 Å². The molecule has 0 amide bonds. The van der Waals surface area contributed by atoms with E-state index in [1.807, 2.05) is 0 Å². The molecule has 1 saturated heterocycles. The van der Waals surface area contributed by atoms with Gasteiger partial charge in [-0.05, 0) is 92.4 Å². The lowest BCUT2D eigenvalue weighted by molar-refractivity contribution is -0.317. The maximum atomic E-state index is 12.4. The summed E-state index contributed by atoms with van der Waals surface area (Å²) in [7, 11) is 0. The van der Waals surface area contributed by atoms with Crippen LogP contribution in [0.15, 0.2) is 11.6 Å². The van der Waals surface area contributed by atoms with E-state index in [9.17, 15) is 30.3 Å². The smallest absolute Gasteiger partial charge is 0.331 e. The Morgan fingerprint density at radius 2 is 1.76 bits per heavy atom. The van der Waals surface area contributed by atoms with E-state index in [0.29, 0.717) is 18.4 Å². The van der Waals surface area contributed by atoms with Gasteiger partial charge in [-0.2, -0.15) is 0 Å². The molecule has 13 atom stereocenters. The molecule has 0 radical (unpaired) electrons. The number of hydrogen-bond acceptors (Lipinski definition) is 9. The molecule has 0 bridgehead atoms. The lowest BCUT2D eigenvalue weighted by atomic mass is 9.43. The minimum absolute atomic E-state index is 0.0823. The molecule has 6 rings (SSSR count). The van der Waals surface area contributed by atoms with E-state index in [1.165, 1.54) is 0 Å². The normalized spacial score (nSPS) is 54.5. The molecule has 214 valence electrons. The standard InChI is InChI=1S/C29H44O9/c1-27-8-5-17(37-26-25(34)24(33)23(32)21(13-30)38-26)12-16(27)3-4-20-19(27)6-9-28(2)18(7-10-29(20,28)35)15-11-22(31)36-14-15/h11,16-21,23-26,30,32-35H,3-10,12-14H2,1-2H3/t16-,17+,18-,19+,20-,21-,23-,24+,25-,26-,27+,28-,29+/m1/s1. The molecular weight excluding hydrogens is 492 g/mol. The highest BCUT2D eigenvalue weighted by molar-refractivity contribution is 5.85. The SMILES string of the molecule is C[C@]12CC[C@H](O[C@@H]3O[C@H](CO)[C@@H](O)[C@H](O)[C@H]3O)C[C@H]1CC[C@@H]1[C@@H]2CC[C@]2(C)[C@@H](C3=CC(=O)OC3)CC[C@]12O. The molecule has 6 aliphatic rings. The molecule has 5 fully saturated rings. The molecule has 4 aliphatic carbocycles. The first-order valence-corrected chi connectivity index (χ1v) is 14.6. The number of carbonyl (C=O) groups is 1. The number of carbonyl (C=O) groups excluding carboxylic acids is 1. The number of rotatable bonds is 4. The number of cyclic esters (lactones) is 1. The Bertz CT molecular complexity index is 968. The van der Waals surface area contributed by atoms with Crippen LogP contribution in [0.1, 0.15) is 71.6 Å². The van der Waals surface area contributed by atoms with Gasteiger partial charge in [0.05, 0.1) is 18.3 Å². The number of esters is 1. The highest BCUT2D eigenvalue weighted by Gasteiger charge is 2.67. The fraction of sp³-hybridized carbons (Fsp3) is 0.897. The van der Waals surface area contributed by atoms with Crippen LogP contribution in [0.5, 0.6) is 0 Å². The number of ether oxygens (including phenoxy) is 3. The van der Waals surface area contributed by atoms with Gasteiger partial charge < -0.3 is 39.7 Å². The number of fused-ring (bicyclic) bond motifs is 5. The molecule has 5 N–H and O–H groups in total. The Labute approximate surface area is 224 Å². The molecule has 4 saturated carbocycles. The highest BCUT2D eigenvalue weighted by Crippen LogP contribution is 2.70. The monoisotopic (exact) mass is 536 g/mol. The molecule has 0 unspecified atom stereocenters. The molecule has 9 heteroatoms. The molecule has 0 aromatic rings. The van der Waals surface area contributed by atoms with Crippen molar-refractivity contribution in [2.24, 2.45) is 34.5 Å². The van der Waals surface area contributed by atoms with E-state index in [4.69, 9.17) is 14.2 Å². The van der Waals surface area contributed by atoms with Crippen molar-refractivity contribution in [2.45, 2.75) is 114 Å². The summed E-state index contributed by atoms with van der Waals surface area (Å²) in [5.74, 6) is 0.994. The molecule has 2 aliphatic heterocycles. The van der Waals surface area contributed by atoms with Gasteiger partial charge in [-0.3, -0.25) is 0 Å². The average molecular weight is 537 g/mol. The zero-order valence-electron chi connectivity index (χ0n) is 22.5. The van der Waals surface area contributed by atoms with Crippen LogP contribution in [-0.2, 0) is 19.0 Å². The van der Waals surface area contributed by atoms with Gasteiger partial charge in [0.1, 0.15) is 31.0 Å². The minimum Gasteiger partial charge on any atom is -0.458 e. The zero-order chi connectivity index (χ0) is 27.0. The maximum absolute atomic E-state index is 12.4. The van der Waals surface area contributed by atoms with Gasteiger partial charge in [-0.25, -0.2) is 4.79 Å². The topological polar surface area (TPSA) is 146 Å².